The van der Waals surface area contributed by atoms with Crippen molar-refractivity contribution in [3.05, 3.63) is 48.0 Å². The van der Waals surface area contributed by atoms with Gasteiger partial charge in [-0.15, -0.1) is 0 Å². The number of nitrogens with one attached hydrogen (secondary N) is 2. The summed E-state index contributed by atoms with van der Waals surface area (Å²) in [5, 5.41) is 7.59. The first-order valence-electron chi connectivity index (χ1n) is 8.00. The molecule has 2 rings (SSSR count). The van der Waals surface area contributed by atoms with E-state index in [2.05, 4.69) is 10.6 Å². The molecule has 0 bridgehead atoms. The van der Waals surface area contributed by atoms with Crippen LogP contribution in [0.1, 0.15) is 39.3 Å². The summed E-state index contributed by atoms with van der Waals surface area (Å²) in [6.07, 6.45) is -0.601. The van der Waals surface area contributed by atoms with E-state index in [4.69, 9.17) is 4.74 Å². The van der Waals surface area contributed by atoms with Gasteiger partial charge in [0.05, 0.1) is 6.04 Å². The first-order chi connectivity index (χ1) is 11.3. The number of benzene rings is 2. The molecule has 2 aromatic carbocycles. The van der Waals surface area contributed by atoms with E-state index >= 15 is 0 Å². The Hall–Kier alpha value is -2.56. The number of rotatable bonds is 4. The number of fused-ring (bicyclic) bond motifs is 1. The molecule has 0 saturated carbocycles. The Morgan fingerprint density at radius 2 is 1.75 bits per heavy atom. The van der Waals surface area contributed by atoms with Crippen LogP contribution in [0.3, 0.4) is 0 Å². The largest absolute Gasteiger partial charge is 0.444 e. The molecule has 1 unspecified atom stereocenters. The lowest BCUT2D eigenvalue weighted by Gasteiger charge is -2.20. The van der Waals surface area contributed by atoms with Crippen molar-refractivity contribution in [2.45, 2.75) is 39.3 Å². The lowest BCUT2D eigenvalue weighted by molar-refractivity contribution is -0.120. The molecule has 0 saturated heterocycles. The minimum atomic E-state index is -0.601. The van der Waals surface area contributed by atoms with Gasteiger partial charge in [0, 0.05) is 0 Å². The maximum atomic E-state index is 12.1. The van der Waals surface area contributed by atoms with E-state index in [1.54, 1.807) is 20.8 Å². The number of ether oxygens (including phenoxy) is 1. The van der Waals surface area contributed by atoms with E-state index in [9.17, 15) is 9.59 Å². The highest BCUT2D eigenvalue weighted by Crippen LogP contribution is 2.23. The number of carbonyl (C=O) groups is 2. The van der Waals surface area contributed by atoms with Gasteiger partial charge in [-0.3, -0.25) is 4.79 Å². The molecular weight excluding hydrogens is 304 g/mol. The Morgan fingerprint density at radius 3 is 2.46 bits per heavy atom. The van der Waals surface area contributed by atoms with Crippen LogP contribution in [0.2, 0.25) is 0 Å². The summed E-state index contributed by atoms with van der Waals surface area (Å²) in [5.74, 6) is -0.263. The molecule has 0 aromatic heterocycles. The SMILES string of the molecule is CC(NC(=O)CNC(=O)OC(C)(C)C)c1cccc2ccccc12. The molecular formula is C19H24N2O3. The number of amides is 2. The first kappa shape index (κ1) is 17.8. The van der Waals surface area contributed by atoms with Crippen LogP contribution in [-0.2, 0) is 9.53 Å². The number of hydrogen-bond donors (Lipinski definition) is 2. The average molecular weight is 328 g/mol. The fraction of sp³-hybridized carbons (Fsp3) is 0.368. The molecule has 2 N–H and O–H groups in total. The standard InChI is InChI=1S/C19H24N2O3/c1-13(15-11-7-9-14-8-5-6-10-16(14)15)21-17(22)12-20-18(23)24-19(2,3)4/h5-11,13H,12H2,1-4H3,(H,20,23)(H,21,22). The van der Waals surface area contributed by atoms with Gasteiger partial charge in [0.15, 0.2) is 0 Å². The zero-order valence-corrected chi connectivity index (χ0v) is 14.6. The highest BCUT2D eigenvalue weighted by atomic mass is 16.6. The maximum absolute atomic E-state index is 12.1. The van der Waals surface area contributed by atoms with Gasteiger partial charge in [0.25, 0.3) is 0 Å². The van der Waals surface area contributed by atoms with Crippen molar-refractivity contribution in [3.63, 3.8) is 0 Å². The van der Waals surface area contributed by atoms with Crippen LogP contribution in [0.15, 0.2) is 42.5 Å². The van der Waals surface area contributed by atoms with Gasteiger partial charge in [0.1, 0.15) is 12.1 Å². The lowest BCUT2D eigenvalue weighted by atomic mass is 10.00. The summed E-state index contributed by atoms with van der Waals surface area (Å²) in [7, 11) is 0. The van der Waals surface area contributed by atoms with Gasteiger partial charge in [-0.05, 0) is 44.0 Å². The Bertz CT molecular complexity index is 729. The predicted octanol–water partition coefficient (Wildman–Crippen LogP) is 3.54. The highest BCUT2D eigenvalue weighted by molar-refractivity contribution is 5.87. The monoisotopic (exact) mass is 328 g/mol. The molecule has 0 fully saturated rings. The third-order valence-corrected chi connectivity index (χ3v) is 3.46. The number of carbonyl (C=O) groups excluding carboxylic acids is 2. The summed E-state index contributed by atoms with van der Waals surface area (Å²) in [4.78, 5) is 23.6. The molecule has 2 aromatic rings. The molecule has 5 nitrogen and oxygen atoms in total. The second kappa shape index (κ2) is 7.34. The maximum Gasteiger partial charge on any atom is 0.408 e. The zero-order chi connectivity index (χ0) is 17.7. The second-order valence-electron chi connectivity index (χ2n) is 6.71. The molecule has 0 heterocycles. The van der Waals surface area contributed by atoms with E-state index < -0.39 is 11.7 Å². The summed E-state index contributed by atoms with van der Waals surface area (Å²) in [6.45, 7) is 7.12. The Morgan fingerprint density at radius 1 is 1.08 bits per heavy atom. The van der Waals surface area contributed by atoms with Crippen LogP contribution in [-0.4, -0.2) is 24.1 Å². The molecule has 5 heteroatoms. The minimum Gasteiger partial charge on any atom is -0.444 e. The Kier molecular flexibility index (Phi) is 5.44. The van der Waals surface area contributed by atoms with Gasteiger partial charge < -0.3 is 15.4 Å². The van der Waals surface area contributed by atoms with Crippen molar-refractivity contribution in [1.82, 2.24) is 10.6 Å². The van der Waals surface area contributed by atoms with Gasteiger partial charge in [-0.1, -0.05) is 42.5 Å². The van der Waals surface area contributed by atoms with Crippen LogP contribution in [0.25, 0.3) is 10.8 Å². The van der Waals surface area contributed by atoms with Crippen molar-refractivity contribution in [2.75, 3.05) is 6.54 Å². The van der Waals surface area contributed by atoms with Gasteiger partial charge >= 0.3 is 6.09 Å². The molecule has 2 amide bonds. The highest BCUT2D eigenvalue weighted by Gasteiger charge is 2.17. The third-order valence-electron chi connectivity index (χ3n) is 3.46. The van der Waals surface area contributed by atoms with Crippen LogP contribution in [0.4, 0.5) is 4.79 Å². The molecule has 0 radical (unpaired) electrons. The molecule has 128 valence electrons. The molecule has 0 aliphatic carbocycles. The molecule has 1 atom stereocenters. The lowest BCUT2D eigenvalue weighted by Crippen LogP contribution is -2.40. The molecule has 0 aliphatic rings. The smallest absolute Gasteiger partial charge is 0.408 e. The van der Waals surface area contributed by atoms with Gasteiger partial charge in [0.2, 0.25) is 5.91 Å². The second-order valence-corrected chi connectivity index (χ2v) is 6.71. The van der Waals surface area contributed by atoms with Crippen molar-refractivity contribution >= 4 is 22.8 Å². The normalized spacial score (nSPS) is 12.5. The van der Waals surface area contributed by atoms with Gasteiger partial charge in [-0.2, -0.15) is 0 Å². The fourth-order valence-corrected chi connectivity index (χ4v) is 2.46. The van der Waals surface area contributed by atoms with Crippen LogP contribution in [0.5, 0.6) is 0 Å². The van der Waals surface area contributed by atoms with E-state index in [1.807, 2.05) is 49.4 Å². The van der Waals surface area contributed by atoms with E-state index in [1.165, 1.54) is 0 Å². The van der Waals surface area contributed by atoms with Crippen molar-refractivity contribution in [3.8, 4) is 0 Å². The predicted molar refractivity (Wildman–Crippen MR) is 94.7 cm³/mol. The van der Waals surface area contributed by atoms with Crippen LogP contribution >= 0.6 is 0 Å². The molecule has 0 spiro atoms. The molecule has 0 aliphatic heterocycles. The van der Waals surface area contributed by atoms with Crippen molar-refractivity contribution < 1.29 is 14.3 Å². The van der Waals surface area contributed by atoms with Crippen molar-refractivity contribution in [1.29, 1.82) is 0 Å². The van der Waals surface area contributed by atoms with E-state index in [0.29, 0.717) is 0 Å². The van der Waals surface area contributed by atoms with Crippen molar-refractivity contribution in [2.24, 2.45) is 0 Å². The fourth-order valence-electron chi connectivity index (χ4n) is 2.46. The van der Waals surface area contributed by atoms with E-state index in [0.717, 1.165) is 16.3 Å². The number of alkyl carbamates (subject to hydrolysis) is 1. The quantitative estimate of drug-likeness (QED) is 0.902. The topological polar surface area (TPSA) is 67.4 Å². The van der Waals surface area contributed by atoms with Gasteiger partial charge in [-0.25, -0.2) is 4.79 Å². The minimum absolute atomic E-state index is 0.121. The Balaban J connectivity index is 1.95. The van der Waals surface area contributed by atoms with Crippen LogP contribution in [0, 0.1) is 0 Å². The third kappa shape index (κ3) is 4.98. The zero-order valence-electron chi connectivity index (χ0n) is 14.6. The summed E-state index contributed by atoms with van der Waals surface area (Å²) in [5.41, 5.74) is 0.454. The number of hydrogen-bond acceptors (Lipinski definition) is 3. The first-order valence-corrected chi connectivity index (χ1v) is 8.00. The van der Waals surface area contributed by atoms with E-state index in [-0.39, 0.29) is 18.5 Å². The summed E-state index contributed by atoms with van der Waals surface area (Å²) in [6, 6.07) is 13.9. The summed E-state index contributed by atoms with van der Waals surface area (Å²) < 4.78 is 5.11. The average Bonchev–Trinajstić information content (AvgIpc) is 2.50. The summed E-state index contributed by atoms with van der Waals surface area (Å²) >= 11 is 0. The molecule has 24 heavy (non-hydrogen) atoms. The van der Waals surface area contributed by atoms with Crippen LogP contribution < -0.4 is 10.6 Å². The Labute approximate surface area is 142 Å².